The lowest BCUT2D eigenvalue weighted by Crippen LogP contribution is -2.53. The van der Waals surface area contributed by atoms with E-state index < -0.39 is 34.7 Å². The van der Waals surface area contributed by atoms with E-state index in [1.165, 1.54) is 13.0 Å². The normalized spacial score (nSPS) is 20.7. The molecule has 4 N–H and O–H groups in total. The maximum atomic E-state index is 12.6. The predicted molar refractivity (Wildman–Crippen MR) is 134 cm³/mol. The second-order valence-corrected chi connectivity index (χ2v) is 10.6. The van der Waals surface area contributed by atoms with Gasteiger partial charge >= 0.3 is 5.97 Å². The summed E-state index contributed by atoms with van der Waals surface area (Å²) in [5, 5.41) is 24.4. The number of ether oxygens (including phenoxy) is 3. The molecular formula is C24H42N2O8S. The van der Waals surface area contributed by atoms with E-state index in [1.807, 2.05) is 20.8 Å². The first-order valence-electron chi connectivity index (χ1n) is 12.1. The van der Waals surface area contributed by atoms with Crippen LogP contribution >= 0.6 is 12.6 Å². The van der Waals surface area contributed by atoms with Crippen LogP contribution in [0.2, 0.25) is 0 Å². The van der Waals surface area contributed by atoms with Gasteiger partial charge in [0, 0.05) is 25.5 Å². The SMILES string of the molecule is CCCCC(C)(S)OCCC(C)(C)NC(=O)CO[C@H](CCO)[C@@H]1OC(C(=O)O)=CC[C@H]1NC(C)=O. The summed E-state index contributed by atoms with van der Waals surface area (Å²) in [6.45, 7) is 8.96. The summed E-state index contributed by atoms with van der Waals surface area (Å²) >= 11 is 4.56. The van der Waals surface area contributed by atoms with Crippen LogP contribution in [0.4, 0.5) is 0 Å². The van der Waals surface area contributed by atoms with Crippen molar-refractivity contribution >= 4 is 30.4 Å². The van der Waals surface area contributed by atoms with Crippen molar-refractivity contribution in [1.82, 2.24) is 10.6 Å². The lowest BCUT2D eigenvalue weighted by molar-refractivity contribution is -0.147. The summed E-state index contributed by atoms with van der Waals surface area (Å²) in [6, 6.07) is -0.563. The van der Waals surface area contributed by atoms with Crippen LogP contribution in [-0.2, 0) is 28.6 Å². The molecule has 0 saturated carbocycles. The Morgan fingerprint density at radius 1 is 1.29 bits per heavy atom. The quantitative estimate of drug-likeness (QED) is 0.154. The average Bonchev–Trinajstić information content (AvgIpc) is 2.74. The molecule has 1 unspecified atom stereocenters. The third-order valence-electron chi connectivity index (χ3n) is 5.64. The summed E-state index contributed by atoms with van der Waals surface area (Å²) in [4.78, 5) is 35.1. The highest BCUT2D eigenvalue weighted by Crippen LogP contribution is 2.25. The molecule has 1 rings (SSSR count). The van der Waals surface area contributed by atoms with Gasteiger partial charge in [0.1, 0.15) is 17.6 Å². The monoisotopic (exact) mass is 518 g/mol. The molecule has 10 nitrogen and oxygen atoms in total. The fraction of sp³-hybridized carbons (Fsp3) is 0.792. The third-order valence-corrected chi connectivity index (χ3v) is 5.99. The first-order chi connectivity index (χ1) is 16.3. The number of carboxylic acids is 1. The highest BCUT2D eigenvalue weighted by atomic mass is 32.1. The number of amides is 2. The van der Waals surface area contributed by atoms with Crippen molar-refractivity contribution < 1.29 is 38.8 Å². The number of aliphatic hydroxyl groups is 1. The smallest absolute Gasteiger partial charge is 0.370 e. The van der Waals surface area contributed by atoms with Gasteiger partial charge in [-0.15, -0.1) is 12.6 Å². The van der Waals surface area contributed by atoms with Crippen LogP contribution in [0.1, 0.15) is 73.1 Å². The van der Waals surface area contributed by atoms with Crippen LogP contribution < -0.4 is 10.6 Å². The molecular weight excluding hydrogens is 476 g/mol. The number of rotatable bonds is 16. The van der Waals surface area contributed by atoms with Gasteiger partial charge in [0.25, 0.3) is 0 Å². The minimum Gasteiger partial charge on any atom is -0.478 e. The predicted octanol–water partition coefficient (Wildman–Crippen LogP) is 2.15. The minimum atomic E-state index is -1.24. The van der Waals surface area contributed by atoms with Crippen molar-refractivity contribution in [3.63, 3.8) is 0 Å². The lowest BCUT2D eigenvalue weighted by Gasteiger charge is -2.36. The lowest BCUT2D eigenvalue weighted by atomic mass is 9.97. The zero-order valence-electron chi connectivity index (χ0n) is 21.5. The number of carbonyl (C=O) groups excluding carboxylic acids is 2. The molecule has 1 aliphatic heterocycles. The van der Waals surface area contributed by atoms with Crippen LogP contribution in [-0.4, -0.2) is 76.5 Å². The molecule has 4 atom stereocenters. The van der Waals surface area contributed by atoms with Gasteiger partial charge in [-0.05, 0) is 52.5 Å². The molecule has 1 heterocycles. The van der Waals surface area contributed by atoms with E-state index in [9.17, 15) is 24.6 Å². The van der Waals surface area contributed by atoms with Crippen LogP contribution in [0.5, 0.6) is 0 Å². The second kappa shape index (κ2) is 14.7. The molecule has 11 heteroatoms. The Morgan fingerprint density at radius 3 is 2.54 bits per heavy atom. The molecule has 1 aliphatic rings. The van der Waals surface area contributed by atoms with Crippen molar-refractivity contribution in [3.8, 4) is 0 Å². The molecule has 0 fully saturated rings. The number of aliphatic hydroxyl groups excluding tert-OH is 1. The van der Waals surface area contributed by atoms with Crippen LogP contribution in [0.3, 0.4) is 0 Å². The summed E-state index contributed by atoms with van der Waals surface area (Å²) in [5.74, 6) is -2.19. The first-order valence-corrected chi connectivity index (χ1v) is 12.5. The summed E-state index contributed by atoms with van der Waals surface area (Å²) in [7, 11) is 0. The molecule has 0 aromatic carbocycles. The zero-order valence-corrected chi connectivity index (χ0v) is 22.4. The molecule has 0 aliphatic carbocycles. The number of nitrogens with one attached hydrogen (secondary N) is 2. The highest BCUT2D eigenvalue weighted by Gasteiger charge is 2.37. The Kier molecular flexibility index (Phi) is 13.1. The standard InChI is InChI=1S/C24H42N2O8S/c1-6-7-11-24(5,35)33-14-12-23(3,4)26-20(29)15-32-18(10-13-27)21-17(25-16(2)28)8-9-19(34-21)22(30)31/h9,17-18,21,27,35H,6-8,10-15H2,1-5H3,(H,25,28)(H,26,29)(H,30,31)/t17-,18-,21-,24?/m1/s1. The van der Waals surface area contributed by atoms with Gasteiger partial charge in [-0.1, -0.05) is 13.3 Å². The summed E-state index contributed by atoms with van der Waals surface area (Å²) in [5.41, 5.74) is -0.569. The Bertz CT molecular complexity index is 741. The third kappa shape index (κ3) is 12.1. The van der Waals surface area contributed by atoms with E-state index in [0.717, 1.165) is 19.3 Å². The average molecular weight is 519 g/mol. The van der Waals surface area contributed by atoms with Crippen molar-refractivity contribution in [1.29, 1.82) is 0 Å². The number of unbranched alkanes of at least 4 members (excludes halogenated alkanes) is 1. The first kappa shape index (κ1) is 31.2. The topological polar surface area (TPSA) is 143 Å². The van der Waals surface area contributed by atoms with E-state index in [4.69, 9.17) is 14.2 Å². The van der Waals surface area contributed by atoms with Gasteiger partial charge in [0.15, 0.2) is 0 Å². The van der Waals surface area contributed by atoms with Gasteiger partial charge in [0.05, 0.1) is 18.8 Å². The fourth-order valence-electron chi connectivity index (χ4n) is 3.75. The Balaban J connectivity index is 2.70. The van der Waals surface area contributed by atoms with Gasteiger partial charge in [-0.2, -0.15) is 0 Å². The Labute approximate surface area is 213 Å². The van der Waals surface area contributed by atoms with Crippen molar-refractivity contribution in [2.24, 2.45) is 0 Å². The number of aliphatic carboxylic acids is 1. The van der Waals surface area contributed by atoms with E-state index in [1.54, 1.807) is 0 Å². The van der Waals surface area contributed by atoms with Crippen molar-refractivity contribution in [2.45, 2.75) is 102 Å². The molecule has 0 bridgehead atoms. The molecule has 0 aromatic heterocycles. The Hall–Kier alpha value is -1.82. The molecule has 0 aromatic rings. The van der Waals surface area contributed by atoms with Gasteiger partial charge < -0.3 is 35.1 Å². The maximum Gasteiger partial charge on any atom is 0.370 e. The van der Waals surface area contributed by atoms with E-state index >= 15 is 0 Å². The molecule has 202 valence electrons. The number of carbonyl (C=O) groups is 3. The van der Waals surface area contributed by atoms with Crippen molar-refractivity contribution in [3.05, 3.63) is 11.8 Å². The molecule has 0 saturated heterocycles. The van der Waals surface area contributed by atoms with Gasteiger partial charge in [0.2, 0.25) is 17.6 Å². The molecule has 0 spiro atoms. The zero-order chi connectivity index (χ0) is 26.6. The van der Waals surface area contributed by atoms with Crippen molar-refractivity contribution in [2.75, 3.05) is 19.8 Å². The maximum absolute atomic E-state index is 12.6. The van der Waals surface area contributed by atoms with E-state index in [2.05, 4.69) is 30.2 Å². The molecule has 0 radical (unpaired) electrons. The van der Waals surface area contributed by atoms with Gasteiger partial charge in [-0.25, -0.2) is 4.79 Å². The number of hydrogen-bond acceptors (Lipinski definition) is 8. The largest absolute Gasteiger partial charge is 0.478 e. The summed E-state index contributed by atoms with van der Waals surface area (Å²) < 4.78 is 17.2. The van der Waals surface area contributed by atoms with Crippen LogP contribution in [0, 0.1) is 0 Å². The van der Waals surface area contributed by atoms with Gasteiger partial charge in [-0.3, -0.25) is 9.59 Å². The molecule has 2 amide bonds. The van der Waals surface area contributed by atoms with Crippen LogP contribution in [0.15, 0.2) is 11.8 Å². The number of thiol groups is 1. The molecule has 35 heavy (non-hydrogen) atoms. The van der Waals surface area contributed by atoms with E-state index in [0.29, 0.717) is 13.0 Å². The van der Waals surface area contributed by atoms with E-state index in [-0.39, 0.29) is 43.6 Å². The highest BCUT2D eigenvalue weighted by molar-refractivity contribution is 7.81. The minimum absolute atomic E-state index is 0.0937. The fourth-order valence-corrected chi connectivity index (χ4v) is 4.00. The Morgan fingerprint density at radius 2 is 1.97 bits per heavy atom. The number of hydrogen-bond donors (Lipinski definition) is 5. The number of carboxylic acid groups (broad SMARTS) is 1. The van der Waals surface area contributed by atoms with Crippen LogP contribution in [0.25, 0.3) is 0 Å². The summed E-state index contributed by atoms with van der Waals surface area (Å²) in [6.07, 6.45) is 3.46. The second-order valence-electron chi connectivity index (χ2n) is 9.67.